The first-order chi connectivity index (χ1) is 16.3. The van der Waals surface area contributed by atoms with Crippen LogP contribution in [0.2, 0.25) is 0 Å². The maximum absolute atomic E-state index is 13.6. The number of hydrogen-bond acceptors (Lipinski definition) is 3. The van der Waals surface area contributed by atoms with E-state index in [9.17, 15) is 14.0 Å². The standard InChI is InChI=1S/C27H33FN4O2/c1-17-22-12-11-21(28)14-24(22)30-25(17)27(34)31-23(13-10-18-4-5-18)26(33)29-15-19-6-8-20(9-7-19)16-32(2)3/h6-9,11-12,14,18,23,30H,4-5,10,13,15-16H2,1-3H3,(H,29,33)(H,31,34)/t23-/m0/s1. The molecule has 0 radical (unpaired) electrons. The molecular weight excluding hydrogens is 431 g/mol. The second-order valence-corrected chi connectivity index (χ2v) is 9.63. The van der Waals surface area contributed by atoms with Crippen molar-refractivity contribution in [1.82, 2.24) is 20.5 Å². The Morgan fingerprint density at radius 3 is 2.50 bits per heavy atom. The second kappa shape index (κ2) is 10.4. The summed E-state index contributed by atoms with van der Waals surface area (Å²) in [4.78, 5) is 31.2. The minimum Gasteiger partial charge on any atom is -0.350 e. The van der Waals surface area contributed by atoms with Gasteiger partial charge in [0, 0.05) is 24.0 Å². The van der Waals surface area contributed by atoms with Gasteiger partial charge in [0.15, 0.2) is 0 Å². The number of benzene rings is 2. The second-order valence-electron chi connectivity index (χ2n) is 9.63. The van der Waals surface area contributed by atoms with Gasteiger partial charge in [0.2, 0.25) is 5.91 Å². The van der Waals surface area contributed by atoms with Crippen molar-refractivity contribution in [3.63, 3.8) is 0 Å². The van der Waals surface area contributed by atoms with Crippen LogP contribution in [0.15, 0.2) is 42.5 Å². The van der Waals surface area contributed by atoms with Crippen LogP contribution in [-0.4, -0.2) is 41.8 Å². The third kappa shape index (κ3) is 6.03. The lowest BCUT2D eigenvalue weighted by Crippen LogP contribution is -2.46. The van der Waals surface area contributed by atoms with Crippen LogP contribution in [0.4, 0.5) is 4.39 Å². The molecule has 1 aliphatic carbocycles. The molecule has 34 heavy (non-hydrogen) atoms. The Labute approximate surface area is 199 Å². The van der Waals surface area contributed by atoms with Crippen LogP contribution in [0.3, 0.4) is 0 Å². The molecule has 180 valence electrons. The van der Waals surface area contributed by atoms with Crippen molar-refractivity contribution in [3.8, 4) is 0 Å². The largest absolute Gasteiger partial charge is 0.350 e. The quantitative estimate of drug-likeness (QED) is 0.419. The van der Waals surface area contributed by atoms with Crippen LogP contribution in [0.5, 0.6) is 0 Å². The zero-order valence-corrected chi connectivity index (χ0v) is 20.1. The van der Waals surface area contributed by atoms with E-state index in [1.165, 1.54) is 30.5 Å². The number of rotatable bonds is 10. The van der Waals surface area contributed by atoms with E-state index in [2.05, 4.69) is 32.7 Å². The molecule has 4 rings (SSSR count). The lowest BCUT2D eigenvalue weighted by atomic mass is 10.1. The maximum Gasteiger partial charge on any atom is 0.268 e. The first-order valence-corrected chi connectivity index (χ1v) is 11.9. The van der Waals surface area contributed by atoms with Crippen LogP contribution in [0, 0.1) is 18.7 Å². The predicted molar refractivity (Wildman–Crippen MR) is 132 cm³/mol. The van der Waals surface area contributed by atoms with Crippen molar-refractivity contribution < 1.29 is 14.0 Å². The van der Waals surface area contributed by atoms with Crippen LogP contribution < -0.4 is 10.6 Å². The van der Waals surface area contributed by atoms with Crippen LogP contribution in [0.25, 0.3) is 10.9 Å². The number of nitrogens with zero attached hydrogens (tertiary/aromatic N) is 1. The van der Waals surface area contributed by atoms with Gasteiger partial charge < -0.3 is 20.5 Å². The number of nitrogens with one attached hydrogen (secondary N) is 3. The van der Waals surface area contributed by atoms with Gasteiger partial charge in [-0.15, -0.1) is 0 Å². The van der Waals surface area contributed by atoms with Gasteiger partial charge in [-0.3, -0.25) is 9.59 Å². The van der Waals surface area contributed by atoms with Crippen molar-refractivity contribution in [2.75, 3.05) is 14.1 Å². The normalized spacial score (nSPS) is 14.4. The third-order valence-corrected chi connectivity index (χ3v) is 6.42. The molecule has 1 aliphatic rings. The molecule has 6 nitrogen and oxygen atoms in total. The fourth-order valence-corrected chi connectivity index (χ4v) is 4.29. The molecule has 1 aromatic heterocycles. The third-order valence-electron chi connectivity index (χ3n) is 6.42. The molecule has 0 unspecified atom stereocenters. The number of carbonyl (C=O) groups excluding carboxylic acids is 2. The van der Waals surface area contributed by atoms with Gasteiger partial charge in [0.05, 0.1) is 0 Å². The Bertz CT molecular complexity index is 1170. The van der Waals surface area contributed by atoms with Crippen LogP contribution in [-0.2, 0) is 17.9 Å². The Morgan fingerprint density at radius 1 is 1.12 bits per heavy atom. The van der Waals surface area contributed by atoms with E-state index < -0.39 is 6.04 Å². The Balaban J connectivity index is 1.42. The summed E-state index contributed by atoms with van der Waals surface area (Å²) in [6.45, 7) is 3.09. The average molecular weight is 465 g/mol. The molecule has 1 heterocycles. The Morgan fingerprint density at radius 2 is 1.82 bits per heavy atom. The monoisotopic (exact) mass is 464 g/mol. The zero-order chi connectivity index (χ0) is 24.2. The highest BCUT2D eigenvalue weighted by Gasteiger charge is 2.27. The summed E-state index contributed by atoms with van der Waals surface area (Å²) < 4.78 is 13.6. The number of carbonyl (C=O) groups is 2. The number of amides is 2. The molecule has 0 bridgehead atoms. The lowest BCUT2D eigenvalue weighted by Gasteiger charge is -2.19. The van der Waals surface area contributed by atoms with Gasteiger partial charge in [0.25, 0.3) is 5.91 Å². The Kier molecular flexibility index (Phi) is 7.32. The van der Waals surface area contributed by atoms with Crippen molar-refractivity contribution >= 4 is 22.7 Å². The van der Waals surface area contributed by atoms with Gasteiger partial charge in [-0.2, -0.15) is 0 Å². The van der Waals surface area contributed by atoms with Gasteiger partial charge in [-0.05, 0) is 74.7 Å². The van der Waals surface area contributed by atoms with Crippen molar-refractivity contribution in [3.05, 3.63) is 70.7 Å². The summed E-state index contributed by atoms with van der Waals surface area (Å²) in [6, 6.07) is 12.0. The van der Waals surface area contributed by atoms with E-state index in [4.69, 9.17) is 0 Å². The molecule has 0 saturated heterocycles. The minimum atomic E-state index is -0.622. The first kappa shape index (κ1) is 24.0. The van der Waals surface area contributed by atoms with Crippen LogP contribution in [0.1, 0.15) is 52.9 Å². The van der Waals surface area contributed by atoms with Crippen molar-refractivity contribution in [1.29, 1.82) is 0 Å². The summed E-state index contributed by atoms with van der Waals surface area (Å²) in [5.74, 6) is -0.254. The summed E-state index contributed by atoms with van der Waals surface area (Å²) >= 11 is 0. The van der Waals surface area contributed by atoms with E-state index in [-0.39, 0.29) is 17.6 Å². The van der Waals surface area contributed by atoms with Crippen molar-refractivity contribution in [2.45, 2.75) is 51.7 Å². The summed E-state index contributed by atoms with van der Waals surface area (Å²) in [5.41, 5.74) is 3.90. The number of aromatic nitrogens is 1. The molecule has 2 aromatic carbocycles. The molecule has 1 saturated carbocycles. The minimum absolute atomic E-state index is 0.189. The molecule has 0 aliphatic heterocycles. The number of aryl methyl sites for hydroxylation is 1. The highest BCUT2D eigenvalue weighted by molar-refractivity contribution is 6.02. The summed E-state index contributed by atoms with van der Waals surface area (Å²) in [5, 5.41) is 6.70. The van der Waals surface area contributed by atoms with Gasteiger partial charge in [-0.25, -0.2) is 4.39 Å². The summed E-state index contributed by atoms with van der Waals surface area (Å²) in [6.07, 6.45) is 3.88. The molecule has 1 atom stereocenters. The molecule has 3 aromatic rings. The number of H-pyrrole nitrogens is 1. The lowest BCUT2D eigenvalue weighted by molar-refractivity contribution is -0.123. The fourth-order valence-electron chi connectivity index (χ4n) is 4.29. The van der Waals surface area contributed by atoms with Crippen molar-refractivity contribution in [2.24, 2.45) is 5.92 Å². The molecule has 3 N–H and O–H groups in total. The first-order valence-electron chi connectivity index (χ1n) is 11.9. The summed E-state index contributed by atoms with van der Waals surface area (Å²) in [7, 11) is 4.06. The Hall–Kier alpha value is -3.19. The molecule has 7 heteroatoms. The van der Waals surface area contributed by atoms with Gasteiger partial charge in [0.1, 0.15) is 17.6 Å². The number of aromatic amines is 1. The highest BCUT2D eigenvalue weighted by Crippen LogP contribution is 2.34. The predicted octanol–water partition coefficient (Wildman–Crippen LogP) is 4.28. The van der Waals surface area contributed by atoms with E-state index >= 15 is 0 Å². The molecular formula is C27H33FN4O2. The number of fused-ring (bicyclic) bond motifs is 1. The van der Waals surface area contributed by atoms with E-state index in [1.54, 1.807) is 6.07 Å². The fraction of sp³-hybridized carbons (Fsp3) is 0.407. The number of halogens is 1. The van der Waals surface area contributed by atoms with Crippen LogP contribution >= 0.6 is 0 Å². The smallest absolute Gasteiger partial charge is 0.268 e. The molecule has 0 spiro atoms. The molecule has 2 amide bonds. The van der Waals surface area contributed by atoms with E-state index in [1.807, 2.05) is 33.2 Å². The molecule has 1 fully saturated rings. The maximum atomic E-state index is 13.6. The average Bonchev–Trinajstić information content (AvgIpc) is 3.57. The van der Waals surface area contributed by atoms with Gasteiger partial charge >= 0.3 is 0 Å². The SMILES string of the molecule is Cc1c(C(=O)N[C@@H](CCC2CC2)C(=O)NCc2ccc(CN(C)C)cc2)[nH]c2cc(F)ccc12. The topological polar surface area (TPSA) is 77.2 Å². The zero-order valence-electron chi connectivity index (χ0n) is 20.1. The van der Waals surface area contributed by atoms with E-state index in [0.717, 1.165) is 29.5 Å². The number of hydrogen-bond donors (Lipinski definition) is 3. The highest BCUT2D eigenvalue weighted by atomic mass is 19.1. The van der Waals surface area contributed by atoms with Gasteiger partial charge in [-0.1, -0.05) is 37.1 Å². The van der Waals surface area contributed by atoms with E-state index in [0.29, 0.717) is 30.1 Å².